The molecule has 0 spiro atoms. The van der Waals surface area contributed by atoms with Gasteiger partial charge in [-0.3, -0.25) is 9.78 Å². The fourth-order valence-corrected chi connectivity index (χ4v) is 4.20. The number of ether oxygens (including phenoxy) is 1. The van der Waals surface area contributed by atoms with Gasteiger partial charge in [0.2, 0.25) is 5.95 Å². The first kappa shape index (κ1) is 18.9. The molecule has 1 aromatic carbocycles. The van der Waals surface area contributed by atoms with E-state index in [2.05, 4.69) is 28.6 Å². The predicted molar refractivity (Wildman–Crippen MR) is 107 cm³/mol. The molecule has 0 amide bonds. The number of hydrogen-bond donors (Lipinski definition) is 1. The average Bonchev–Trinajstić information content (AvgIpc) is 2.98. The van der Waals surface area contributed by atoms with E-state index in [1.807, 2.05) is 12.1 Å². The molecule has 3 heterocycles. The average molecular weight is 386 g/mol. The van der Waals surface area contributed by atoms with Crippen molar-refractivity contribution in [2.45, 2.75) is 26.3 Å². The molecular weight excluding hydrogens is 359 g/mol. The van der Waals surface area contributed by atoms with Crippen LogP contribution in [0.2, 0.25) is 0 Å². The minimum atomic E-state index is -0.224. The minimum absolute atomic E-state index is 0.140. The fourth-order valence-electron chi connectivity index (χ4n) is 4.20. The van der Waals surface area contributed by atoms with Crippen LogP contribution in [0.4, 0.5) is 16.2 Å². The number of aromatic amines is 1. The van der Waals surface area contributed by atoms with Crippen molar-refractivity contribution in [3.63, 3.8) is 0 Å². The minimum Gasteiger partial charge on any atom is -0.378 e. The van der Waals surface area contributed by atoms with Gasteiger partial charge in [-0.1, -0.05) is 26.0 Å². The van der Waals surface area contributed by atoms with Crippen LogP contribution < -0.4 is 15.4 Å². The quantitative estimate of drug-likeness (QED) is 0.875. The van der Waals surface area contributed by atoms with Crippen molar-refractivity contribution in [3.05, 3.63) is 52.1 Å². The first-order valence-electron chi connectivity index (χ1n) is 9.96. The number of hydrogen-bond acceptors (Lipinski definition) is 5. The Bertz CT molecular complexity index is 863. The lowest BCUT2D eigenvalue weighted by atomic mass is 9.90. The van der Waals surface area contributed by atoms with E-state index in [0.29, 0.717) is 36.8 Å². The molecule has 1 N–H and O–H groups in total. The van der Waals surface area contributed by atoms with E-state index in [9.17, 15) is 9.18 Å². The Morgan fingerprint density at radius 2 is 1.93 bits per heavy atom. The Kier molecular flexibility index (Phi) is 5.35. The molecule has 2 saturated heterocycles. The highest BCUT2D eigenvalue weighted by atomic mass is 19.1. The van der Waals surface area contributed by atoms with Crippen molar-refractivity contribution < 1.29 is 9.13 Å². The maximum absolute atomic E-state index is 13.3. The van der Waals surface area contributed by atoms with Crippen LogP contribution in [-0.2, 0) is 11.2 Å². The normalized spacial score (nSPS) is 25.3. The smallest absolute Gasteiger partial charge is 0.254 e. The molecule has 0 radical (unpaired) electrons. The topological polar surface area (TPSA) is 61.5 Å². The van der Waals surface area contributed by atoms with Crippen LogP contribution in [0, 0.1) is 17.7 Å². The van der Waals surface area contributed by atoms with Gasteiger partial charge >= 0.3 is 0 Å². The lowest BCUT2D eigenvalue weighted by Crippen LogP contribution is -2.39. The van der Waals surface area contributed by atoms with Gasteiger partial charge in [-0.25, -0.2) is 4.39 Å². The molecule has 2 aliphatic heterocycles. The number of aromatic nitrogens is 2. The van der Waals surface area contributed by atoms with Crippen LogP contribution in [0.5, 0.6) is 0 Å². The Morgan fingerprint density at radius 1 is 1.21 bits per heavy atom. The highest BCUT2D eigenvalue weighted by Gasteiger charge is 2.38. The van der Waals surface area contributed by atoms with Crippen molar-refractivity contribution in [1.82, 2.24) is 9.97 Å². The third kappa shape index (κ3) is 3.90. The summed E-state index contributed by atoms with van der Waals surface area (Å²) in [5.74, 6) is 2.01. The molecule has 6 nitrogen and oxygen atoms in total. The van der Waals surface area contributed by atoms with E-state index in [4.69, 9.17) is 9.72 Å². The molecule has 150 valence electrons. The molecular formula is C21H27FN4O2. The SMILES string of the molecule is C[C@@H]1[C@@H](Cc2ccc(F)cc2)N(c2nc(N3CCOCC3)cc(=O)[nH]2)C[C@@H]1C. The molecule has 2 aliphatic rings. The largest absolute Gasteiger partial charge is 0.378 e. The van der Waals surface area contributed by atoms with E-state index < -0.39 is 0 Å². The van der Waals surface area contributed by atoms with Crippen LogP contribution in [0.1, 0.15) is 19.4 Å². The summed E-state index contributed by atoms with van der Waals surface area (Å²) < 4.78 is 18.7. The summed E-state index contributed by atoms with van der Waals surface area (Å²) in [6, 6.07) is 8.44. The van der Waals surface area contributed by atoms with Crippen molar-refractivity contribution >= 4 is 11.8 Å². The number of anilines is 2. The lowest BCUT2D eigenvalue weighted by molar-refractivity contribution is 0.122. The molecule has 28 heavy (non-hydrogen) atoms. The molecule has 0 aliphatic carbocycles. The summed E-state index contributed by atoms with van der Waals surface area (Å²) in [5.41, 5.74) is 0.947. The van der Waals surface area contributed by atoms with Crippen molar-refractivity contribution in [2.24, 2.45) is 11.8 Å². The molecule has 4 rings (SSSR count). The van der Waals surface area contributed by atoms with Gasteiger partial charge in [0.25, 0.3) is 5.56 Å². The summed E-state index contributed by atoms with van der Waals surface area (Å²) in [6.45, 7) is 8.07. The zero-order chi connectivity index (χ0) is 19.7. The summed E-state index contributed by atoms with van der Waals surface area (Å²) in [4.78, 5) is 24.4. The van der Waals surface area contributed by atoms with Crippen LogP contribution in [-0.4, -0.2) is 48.9 Å². The summed E-state index contributed by atoms with van der Waals surface area (Å²) in [5, 5.41) is 0. The number of nitrogens with zero attached hydrogens (tertiary/aromatic N) is 3. The van der Waals surface area contributed by atoms with Gasteiger partial charge in [0.1, 0.15) is 11.6 Å². The van der Waals surface area contributed by atoms with Gasteiger partial charge in [0, 0.05) is 31.7 Å². The number of morpholine rings is 1. The molecule has 7 heteroatoms. The van der Waals surface area contributed by atoms with Gasteiger partial charge in [-0.2, -0.15) is 4.98 Å². The van der Waals surface area contributed by atoms with Crippen molar-refractivity contribution in [2.75, 3.05) is 42.6 Å². The van der Waals surface area contributed by atoms with Crippen LogP contribution in [0.3, 0.4) is 0 Å². The van der Waals surface area contributed by atoms with Gasteiger partial charge in [-0.15, -0.1) is 0 Å². The van der Waals surface area contributed by atoms with E-state index in [-0.39, 0.29) is 17.4 Å². The zero-order valence-electron chi connectivity index (χ0n) is 16.4. The maximum Gasteiger partial charge on any atom is 0.254 e. The second-order valence-corrected chi connectivity index (χ2v) is 7.91. The molecule has 0 bridgehead atoms. The number of nitrogens with one attached hydrogen (secondary N) is 1. The monoisotopic (exact) mass is 386 g/mol. The van der Waals surface area contributed by atoms with Crippen LogP contribution in [0.15, 0.2) is 35.1 Å². The van der Waals surface area contributed by atoms with Gasteiger partial charge in [-0.05, 0) is 36.0 Å². The Labute approximate surface area is 164 Å². The highest BCUT2D eigenvalue weighted by molar-refractivity contribution is 5.46. The molecule has 1 aromatic heterocycles. The third-order valence-corrected chi connectivity index (χ3v) is 6.07. The standard InChI is InChI=1S/C21H27FN4O2/c1-14-13-26(18(15(14)2)11-16-3-5-17(22)6-4-16)21-23-19(12-20(27)24-21)25-7-9-28-10-8-25/h3-6,12,14-15,18H,7-11,13H2,1-2H3,(H,23,24,27)/t14-,15-,18+/m0/s1. The maximum atomic E-state index is 13.3. The molecule has 3 atom stereocenters. The van der Waals surface area contributed by atoms with Gasteiger partial charge in [0.15, 0.2) is 0 Å². The molecule has 2 aromatic rings. The second-order valence-electron chi connectivity index (χ2n) is 7.91. The second kappa shape index (κ2) is 7.91. The molecule has 2 fully saturated rings. The summed E-state index contributed by atoms with van der Waals surface area (Å²) in [6.07, 6.45) is 0.789. The number of benzene rings is 1. The molecule has 0 unspecified atom stereocenters. The first-order chi connectivity index (χ1) is 13.5. The van der Waals surface area contributed by atoms with Crippen LogP contribution >= 0.6 is 0 Å². The predicted octanol–water partition coefficient (Wildman–Crippen LogP) is 2.45. The Morgan fingerprint density at radius 3 is 2.64 bits per heavy atom. The first-order valence-corrected chi connectivity index (χ1v) is 9.96. The van der Waals surface area contributed by atoms with Crippen molar-refractivity contribution in [3.8, 4) is 0 Å². The van der Waals surface area contributed by atoms with E-state index >= 15 is 0 Å². The number of halogens is 1. The lowest BCUT2D eigenvalue weighted by Gasteiger charge is -2.30. The summed E-state index contributed by atoms with van der Waals surface area (Å²) >= 11 is 0. The van der Waals surface area contributed by atoms with Gasteiger partial charge in [0.05, 0.1) is 13.2 Å². The highest BCUT2D eigenvalue weighted by Crippen LogP contribution is 2.34. The van der Waals surface area contributed by atoms with Gasteiger partial charge < -0.3 is 14.5 Å². The Balaban J connectivity index is 1.62. The number of H-pyrrole nitrogens is 1. The van der Waals surface area contributed by atoms with E-state index in [1.54, 1.807) is 6.07 Å². The van der Waals surface area contributed by atoms with E-state index in [0.717, 1.165) is 31.6 Å². The van der Waals surface area contributed by atoms with Crippen molar-refractivity contribution in [1.29, 1.82) is 0 Å². The fraction of sp³-hybridized carbons (Fsp3) is 0.524. The summed E-state index contributed by atoms with van der Waals surface area (Å²) in [7, 11) is 0. The van der Waals surface area contributed by atoms with E-state index in [1.165, 1.54) is 12.1 Å². The third-order valence-electron chi connectivity index (χ3n) is 6.07. The van der Waals surface area contributed by atoms with Crippen LogP contribution in [0.25, 0.3) is 0 Å². The number of rotatable bonds is 4. The Hall–Kier alpha value is -2.41. The zero-order valence-corrected chi connectivity index (χ0v) is 16.4. The molecule has 0 saturated carbocycles.